The van der Waals surface area contributed by atoms with Gasteiger partial charge in [0.2, 0.25) is 0 Å². The molecule has 2 rings (SSSR count). The summed E-state index contributed by atoms with van der Waals surface area (Å²) < 4.78 is 5.57. The molecule has 0 aromatic carbocycles. The van der Waals surface area contributed by atoms with Gasteiger partial charge in [0.25, 0.3) is 5.91 Å². The van der Waals surface area contributed by atoms with Gasteiger partial charge in [-0.3, -0.25) is 4.79 Å². The van der Waals surface area contributed by atoms with Crippen molar-refractivity contribution < 1.29 is 14.3 Å². The number of aliphatic hydroxyl groups is 1. The van der Waals surface area contributed by atoms with Crippen LogP contribution in [-0.4, -0.2) is 39.6 Å². The Balaban J connectivity index is 2.28. The SMILES string of the molecule is CCN(CC(C)(C)O)C(=O)c1sc(-c2ccc(C)o2)nc1C. The first-order chi connectivity index (χ1) is 10.2. The first-order valence-electron chi connectivity index (χ1n) is 7.27. The fraction of sp³-hybridized carbons (Fsp3) is 0.500. The molecule has 1 amide bonds. The van der Waals surface area contributed by atoms with Gasteiger partial charge in [0, 0.05) is 13.1 Å². The minimum absolute atomic E-state index is 0.103. The molecule has 0 spiro atoms. The number of carbonyl (C=O) groups excluding carboxylic acids is 1. The number of hydrogen-bond acceptors (Lipinski definition) is 5. The molecule has 1 N–H and O–H groups in total. The van der Waals surface area contributed by atoms with E-state index in [0.29, 0.717) is 27.9 Å². The summed E-state index contributed by atoms with van der Waals surface area (Å²) >= 11 is 1.33. The van der Waals surface area contributed by atoms with Crippen LogP contribution >= 0.6 is 11.3 Å². The highest BCUT2D eigenvalue weighted by Gasteiger charge is 2.26. The van der Waals surface area contributed by atoms with Crippen LogP contribution in [-0.2, 0) is 0 Å². The predicted molar refractivity (Wildman–Crippen MR) is 87.2 cm³/mol. The van der Waals surface area contributed by atoms with Crippen molar-refractivity contribution in [1.29, 1.82) is 0 Å². The molecule has 6 heteroatoms. The fourth-order valence-corrected chi connectivity index (χ4v) is 3.18. The first-order valence-corrected chi connectivity index (χ1v) is 8.09. The van der Waals surface area contributed by atoms with Gasteiger partial charge in [0.05, 0.1) is 11.3 Å². The highest BCUT2D eigenvalue weighted by molar-refractivity contribution is 7.17. The second kappa shape index (κ2) is 6.22. The van der Waals surface area contributed by atoms with E-state index in [9.17, 15) is 9.90 Å². The van der Waals surface area contributed by atoms with Crippen molar-refractivity contribution >= 4 is 17.2 Å². The van der Waals surface area contributed by atoms with Crippen LogP contribution in [0.5, 0.6) is 0 Å². The second-order valence-corrected chi connectivity index (χ2v) is 6.97. The lowest BCUT2D eigenvalue weighted by Crippen LogP contribution is -2.42. The van der Waals surface area contributed by atoms with Gasteiger partial charge in [-0.1, -0.05) is 0 Å². The number of rotatable bonds is 5. The highest BCUT2D eigenvalue weighted by atomic mass is 32.1. The summed E-state index contributed by atoms with van der Waals surface area (Å²) in [7, 11) is 0. The Morgan fingerprint density at radius 3 is 2.59 bits per heavy atom. The number of aromatic nitrogens is 1. The zero-order valence-corrected chi connectivity index (χ0v) is 14.5. The van der Waals surface area contributed by atoms with Crippen LogP contribution in [0, 0.1) is 13.8 Å². The minimum atomic E-state index is -0.925. The molecule has 0 saturated heterocycles. The molecule has 2 heterocycles. The van der Waals surface area contributed by atoms with Gasteiger partial charge in [-0.15, -0.1) is 11.3 Å². The second-order valence-electron chi connectivity index (χ2n) is 5.98. The quantitative estimate of drug-likeness (QED) is 0.917. The Morgan fingerprint density at radius 1 is 1.41 bits per heavy atom. The van der Waals surface area contributed by atoms with Crippen LogP contribution < -0.4 is 0 Å². The van der Waals surface area contributed by atoms with Crippen LogP contribution in [0.4, 0.5) is 0 Å². The van der Waals surface area contributed by atoms with Gasteiger partial charge in [-0.2, -0.15) is 0 Å². The van der Waals surface area contributed by atoms with E-state index < -0.39 is 5.60 Å². The Morgan fingerprint density at radius 2 is 2.09 bits per heavy atom. The third-order valence-corrected chi connectivity index (χ3v) is 4.35. The molecule has 0 radical (unpaired) electrons. The predicted octanol–water partition coefficient (Wildman–Crippen LogP) is 3.25. The standard InChI is InChI=1S/C16H22N2O3S/c1-6-18(9-16(4,5)20)15(19)13-11(3)17-14(22-13)12-8-7-10(2)21-12/h7-8,20H,6,9H2,1-5H3. The van der Waals surface area contributed by atoms with E-state index in [1.807, 2.05) is 32.9 Å². The molecule has 5 nitrogen and oxygen atoms in total. The van der Waals surface area contributed by atoms with Gasteiger partial charge in [0.1, 0.15) is 10.6 Å². The summed E-state index contributed by atoms with van der Waals surface area (Å²) in [6.07, 6.45) is 0. The normalized spacial score (nSPS) is 11.7. The van der Waals surface area contributed by atoms with Crippen molar-refractivity contribution in [3.8, 4) is 10.8 Å². The molecular formula is C16H22N2O3S. The topological polar surface area (TPSA) is 66.6 Å². The van der Waals surface area contributed by atoms with E-state index in [1.165, 1.54) is 11.3 Å². The average Bonchev–Trinajstić information content (AvgIpc) is 3.00. The summed E-state index contributed by atoms with van der Waals surface area (Å²) in [6.45, 7) is 9.80. The average molecular weight is 322 g/mol. The Hall–Kier alpha value is -1.66. The van der Waals surface area contributed by atoms with E-state index in [-0.39, 0.29) is 12.5 Å². The summed E-state index contributed by atoms with van der Waals surface area (Å²) in [4.78, 5) is 19.4. The Kier molecular flexibility index (Phi) is 4.72. The molecule has 0 bridgehead atoms. The van der Waals surface area contributed by atoms with E-state index in [0.717, 1.165) is 5.76 Å². The molecule has 0 atom stereocenters. The van der Waals surface area contributed by atoms with Crippen LogP contribution in [0.1, 0.15) is 41.9 Å². The number of nitrogens with zero attached hydrogens (tertiary/aromatic N) is 2. The molecule has 2 aromatic rings. The Labute approximate surface area is 134 Å². The number of hydrogen-bond donors (Lipinski definition) is 1. The number of amides is 1. The maximum absolute atomic E-state index is 12.7. The molecule has 2 aromatic heterocycles. The minimum Gasteiger partial charge on any atom is -0.459 e. The maximum Gasteiger partial charge on any atom is 0.265 e. The zero-order valence-electron chi connectivity index (χ0n) is 13.6. The molecule has 0 aliphatic heterocycles. The first kappa shape index (κ1) is 16.7. The van der Waals surface area contributed by atoms with Crippen molar-refractivity contribution in [3.05, 3.63) is 28.5 Å². The highest BCUT2D eigenvalue weighted by Crippen LogP contribution is 2.30. The van der Waals surface area contributed by atoms with Crippen LogP contribution in [0.25, 0.3) is 10.8 Å². The lowest BCUT2D eigenvalue weighted by molar-refractivity contribution is 0.0316. The van der Waals surface area contributed by atoms with Crippen molar-refractivity contribution in [3.63, 3.8) is 0 Å². The largest absolute Gasteiger partial charge is 0.459 e. The summed E-state index contributed by atoms with van der Waals surface area (Å²) in [5.74, 6) is 1.39. The fourth-order valence-electron chi connectivity index (χ4n) is 2.19. The molecule has 0 unspecified atom stereocenters. The van der Waals surface area contributed by atoms with Crippen LogP contribution in [0.2, 0.25) is 0 Å². The summed E-state index contributed by atoms with van der Waals surface area (Å²) in [5.41, 5.74) is -0.237. The summed E-state index contributed by atoms with van der Waals surface area (Å²) in [6, 6.07) is 3.73. The molecule has 0 aliphatic rings. The van der Waals surface area contributed by atoms with Crippen molar-refractivity contribution in [2.75, 3.05) is 13.1 Å². The van der Waals surface area contributed by atoms with E-state index in [1.54, 1.807) is 18.7 Å². The van der Waals surface area contributed by atoms with E-state index >= 15 is 0 Å². The van der Waals surface area contributed by atoms with Crippen molar-refractivity contribution in [2.24, 2.45) is 0 Å². The van der Waals surface area contributed by atoms with Gasteiger partial charge >= 0.3 is 0 Å². The van der Waals surface area contributed by atoms with Gasteiger partial charge < -0.3 is 14.4 Å². The lowest BCUT2D eigenvalue weighted by atomic mass is 10.1. The van der Waals surface area contributed by atoms with Gasteiger partial charge in [-0.05, 0) is 46.8 Å². The van der Waals surface area contributed by atoms with Crippen LogP contribution in [0.15, 0.2) is 16.5 Å². The molecule has 0 aliphatic carbocycles. The van der Waals surface area contributed by atoms with Gasteiger partial charge in [0.15, 0.2) is 10.8 Å². The molecule has 0 saturated carbocycles. The number of carbonyl (C=O) groups is 1. The number of aryl methyl sites for hydroxylation is 2. The molecular weight excluding hydrogens is 300 g/mol. The number of likely N-dealkylation sites (N-methyl/N-ethyl adjacent to an activating group) is 1. The smallest absolute Gasteiger partial charge is 0.265 e. The van der Waals surface area contributed by atoms with Crippen LogP contribution in [0.3, 0.4) is 0 Å². The van der Waals surface area contributed by atoms with E-state index in [2.05, 4.69) is 4.98 Å². The van der Waals surface area contributed by atoms with Gasteiger partial charge in [-0.25, -0.2) is 4.98 Å². The maximum atomic E-state index is 12.7. The van der Waals surface area contributed by atoms with Crippen molar-refractivity contribution in [1.82, 2.24) is 9.88 Å². The molecule has 0 fully saturated rings. The number of furan rings is 1. The van der Waals surface area contributed by atoms with Crippen molar-refractivity contribution in [2.45, 2.75) is 40.2 Å². The van der Waals surface area contributed by atoms with E-state index in [4.69, 9.17) is 4.42 Å². The third-order valence-electron chi connectivity index (χ3n) is 3.19. The molecule has 22 heavy (non-hydrogen) atoms. The Bertz CT molecular complexity index is 667. The monoisotopic (exact) mass is 322 g/mol. The third kappa shape index (κ3) is 3.75. The molecule has 120 valence electrons. The number of thiazole rings is 1. The lowest BCUT2D eigenvalue weighted by Gasteiger charge is -2.27. The zero-order chi connectivity index (χ0) is 16.5. The summed E-state index contributed by atoms with van der Waals surface area (Å²) in [5, 5.41) is 10.7.